The second-order valence-corrected chi connectivity index (χ2v) is 13.4. The van der Waals surface area contributed by atoms with Gasteiger partial charge in [-0.15, -0.1) is 0 Å². The molecule has 0 atom stereocenters. The fraction of sp³-hybridized carbons (Fsp3) is 0.433. The Kier molecular flexibility index (Phi) is 9.43. The minimum atomic E-state index is -6.20. The number of esters is 1. The number of aromatic nitrogens is 2. The first kappa shape index (κ1) is 33.0. The number of carbonyl (C=O) groups excluding carboxylic acids is 1. The summed E-state index contributed by atoms with van der Waals surface area (Å²) in [4.78, 5) is 23.7. The third-order valence-corrected chi connectivity index (χ3v) is 7.86. The monoisotopic (exact) mass is 639 g/mol. The highest BCUT2D eigenvalue weighted by atomic mass is 32.2. The van der Waals surface area contributed by atoms with E-state index in [1.54, 1.807) is 63.2 Å². The topological polar surface area (TPSA) is 108 Å². The summed E-state index contributed by atoms with van der Waals surface area (Å²) in [5.74, 6) is -3.31. The summed E-state index contributed by atoms with van der Waals surface area (Å²) in [6, 6.07) is 14.5. The van der Waals surface area contributed by atoms with Crippen LogP contribution in [0.15, 0.2) is 54.6 Å². The van der Waals surface area contributed by atoms with Crippen LogP contribution in [-0.4, -0.2) is 48.6 Å². The van der Waals surface area contributed by atoms with Crippen molar-refractivity contribution in [3.8, 4) is 11.6 Å². The molecular weight excluding hydrogens is 606 g/mol. The van der Waals surface area contributed by atoms with Gasteiger partial charge < -0.3 is 18.6 Å². The molecule has 9 nitrogen and oxygen atoms in total. The number of alkyl halides is 3. The third kappa shape index (κ3) is 8.36. The second-order valence-electron chi connectivity index (χ2n) is 11.8. The Morgan fingerprint density at radius 3 is 2.16 bits per heavy atom. The van der Waals surface area contributed by atoms with Crippen molar-refractivity contribution in [2.24, 2.45) is 5.41 Å². The molecule has 2 heterocycles. The summed E-state index contributed by atoms with van der Waals surface area (Å²) >= 11 is 0. The van der Waals surface area contributed by atoms with Gasteiger partial charge in [-0.1, -0.05) is 37.3 Å². The van der Waals surface area contributed by atoms with E-state index in [1.165, 1.54) is 12.1 Å². The molecule has 0 saturated carbocycles. The summed E-state index contributed by atoms with van der Waals surface area (Å²) in [7, 11) is -6.20. The molecule has 0 N–H and O–H groups in total. The lowest BCUT2D eigenvalue weighted by molar-refractivity contribution is -0.0502. The number of piperidine rings is 1. The number of benzene rings is 2. The Morgan fingerprint density at radius 2 is 1.59 bits per heavy atom. The quantitative estimate of drug-likeness (QED) is 0.117. The molecule has 1 saturated heterocycles. The van der Waals surface area contributed by atoms with Crippen LogP contribution >= 0.6 is 0 Å². The number of rotatable bonds is 9. The molecule has 1 aromatic heterocycles. The summed E-state index contributed by atoms with van der Waals surface area (Å²) in [6.45, 7) is 7.56. The fourth-order valence-electron chi connectivity index (χ4n) is 4.60. The fourth-order valence-corrected chi connectivity index (χ4v) is 5.02. The second kappa shape index (κ2) is 12.6. The first-order chi connectivity index (χ1) is 20.4. The lowest BCUT2D eigenvalue weighted by Gasteiger charge is -2.40. The Balaban J connectivity index is 1.71. The van der Waals surface area contributed by atoms with Crippen LogP contribution in [0.5, 0.6) is 11.6 Å². The van der Waals surface area contributed by atoms with Crippen molar-refractivity contribution >= 4 is 21.8 Å². The normalized spacial score (nSPS) is 15.5. The lowest BCUT2D eigenvalue weighted by Crippen LogP contribution is -2.40. The number of hydrogen-bond acceptors (Lipinski definition) is 9. The maximum atomic E-state index is 13.4. The summed E-state index contributed by atoms with van der Waals surface area (Å²) in [6.07, 6.45) is 1.24. The SMILES string of the molecule is CC1(Cc2nc(OS(=O)(=O)C(F)(F)F)c(OCc3ccccc3)c(C(=O)OC(C)(C)C)n2)CCN(c2ccc(F)cc2)CC1. The highest BCUT2D eigenvalue weighted by Gasteiger charge is 2.50. The van der Waals surface area contributed by atoms with Gasteiger partial charge in [-0.25, -0.2) is 14.2 Å². The van der Waals surface area contributed by atoms with E-state index in [4.69, 9.17) is 9.47 Å². The molecule has 44 heavy (non-hydrogen) atoms. The van der Waals surface area contributed by atoms with Crippen LogP contribution in [-0.2, 0) is 27.9 Å². The summed E-state index contributed by atoms with van der Waals surface area (Å²) < 4.78 is 93.4. The maximum absolute atomic E-state index is 13.4. The summed E-state index contributed by atoms with van der Waals surface area (Å²) in [5, 5.41) is 0. The van der Waals surface area contributed by atoms with Crippen molar-refractivity contribution in [3.63, 3.8) is 0 Å². The van der Waals surface area contributed by atoms with Gasteiger partial charge in [0.1, 0.15) is 23.8 Å². The van der Waals surface area contributed by atoms with E-state index in [0.29, 0.717) is 31.5 Å². The Bertz CT molecular complexity index is 1570. The number of carbonyl (C=O) groups is 1. The van der Waals surface area contributed by atoms with E-state index in [1.807, 2.05) is 6.92 Å². The number of hydrogen-bond donors (Lipinski definition) is 0. The Labute approximate surface area is 253 Å². The van der Waals surface area contributed by atoms with Crippen LogP contribution in [0.25, 0.3) is 0 Å². The number of anilines is 1. The Morgan fingerprint density at radius 1 is 0.977 bits per heavy atom. The molecule has 4 rings (SSSR count). The van der Waals surface area contributed by atoms with Gasteiger partial charge in [0.2, 0.25) is 5.75 Å². The average molecular weight is 640 g/mol. The van der Waals surface area contributed by atoms with E-state index in [9.17, 15) is 30.8 Å². The van der Waals surface area contributed by atoms with Gasteiger partial charge in [-0.2, -0.15) is 26.6 Å². The van der Waals surface area contributed by atoms with Crippen molar-refractivity contribution in [2.45, 2.75) is 64.7 Å². The standard InChI is InChI=1S/C30H33F4N3O6S/c1-28(2,3)42-27(38)24-25(41-19-20-8-6-5-7-9-20)26(43-44(39,40)30(32,33)34)36-23(35-24)18-29(4)14-16-37(17-15-29)22-12-10-21(31)11-13-22/h5-13H,14-19H2,1-4H3. The van der Waals surface area contributed by atoms with Crippen LogP contribution in [0.4, 0.5) is 23.2 Å². The number of nitrogens with zero attached hydrogens (tertiary/aromatic N) is 3. The van der Waals surface area contributed by atoms with E-state index < -0.39 is 49.9 Å². The number of halogens is 4. The van der Waals surface area contributed by atoms with Gasteiger partial charge in [0.15, 0.2) is 5.69 Å². The molecular formula is C30H33F4N3O6S. The molecule has 2 aromatic carbocycles. The third-order valence-electron chi connectivity index (χ3n) is 6.92. The van der Waals surface area contributed by atoms with Crippen LogP contribution in [0.3, 0.4) is 0 Å². The van der Waals surface area contributed by atoms with Gasteiger partial charge in [0.05, 0.1) is 0 Å². The average Bonchev–Trinajstić information content (AvgIpc) is 2.92. The molecule has 1 aliphatic heterocycles. The first-order valence-corrected chi connectivity index (χ1v) is 15.2. The minimum Gasteiger partial charge on any atom is -0.481 e. The molecule has 0 radical (unpaired) electrons. The molecule has 0 unspecified atom stereocenters. The predicted octanol–water partition coefficient (Wildman–Crippen LogP) is 6.23. The molecule has 1 aliphatic rings. The molecule has 14 heteroatoms. The van der Waals surface area contributed by atoms with Gasteiger partial charge in [0, 0.05) is 25.2 Å². The van der Waals surface area contributed by atoms with Crippen molar-refractivity contribution in [1.29, 1.82) is 0 Å². The van der Waals surface area contributed by atoms with E-state index in [2.05, 4.69) is 19.1 Å². The molecule has 238 valence electrons. The zero-order valence-electron chi connectivity index (χ0n) is 24.7. The number of ether oxygens (including phenoxy) is 2. The van der Waals surface area contributed by atoms with Crippen molar-refractivity contribution in [3.05, 3.63) is 77.5 Å². The lowest BCUT2D eigenvalue weighted by atomic mass is 9.77. The highest BCUT2D eigenvalue weighted by molar-refractivity contribution is 7.88. The van der Waals surface area contributed by atoms with E-state index in [0.717, 1.165) is 5.69 Å². The largest absolute Gasteiger partial charge is 0.534 e. The van der Waals surface area contributed by atoms with Crippen LogP contribution in [0.2, 0.25) is 0 Å². The van der Waals surface area contributed by atoms with E-state index >= 15 is 0 Å². The highest BCUT2D eigenvalue weighted by Crippen LogP contribution is 2.39. The van der Waals surface area contributed by atoms with Crippen molar-refractivity contribution in [2.75, 3.05) is 18.0 Å². The summed E-state index contributed by atoms with van der Waals surface area (Å²) in [5.41, 5.74) is -6.46. The zero-order valence-corrected chi connectivity index (χ0v) is 25.5. The van der Waals surface area contributed by atoms with E-state index in [-0.39, 0.29) is 24.7 Å². The van der Waals surface area contributed by atoms with Gasteiger partial charge in [0.25, 0.3) is 5.88 Å². The van der Waals surface area contributed by atoms with Crippen LogP contribution in [0, 0.1) is 11.2 Å². The minimum absolute atomic E-state index is 0.0709. The Hall–Kier alpha value is -3.94. The predicted molar refractivity (Wildman–Crippen MR) is 153 cm³/mol. The molecule has 1 fully saturated rings. The van der Waals surface area contributed by atoms with Gasteiger partial charge in [-0.3, -0.25) is 0 Å². The van der Waals surface area contributed by atoms with Crippen molar-refractivity contribution in [1.82, 2.24) is 9.97 Å². The molecule has 0 aliphatic carbocycles. The van der Waals surface area contributed by atoms with Crippen molar-refractivity contribution < 1.29 is 44.4 Å². The molecule has 0 spiro atoms. The van der Waals surface area contributed by atoms with Gasteiger partial charge in [-0.05, 0) is 68.9 Å². The van der Waals surface area contributed by atoms with Crippen LogP contribution in [0.1, 0.15) is 62.4 Å². The smallest absolute Gasteiger partial charge is 0.481 e. The van der Waals surface area contributed by atoms with Crippen LogP contribution < -0.4 is 13.8 Å². The maximum Gasteiger partial charge on any atom is 0.534 e. The molecule has 0 amide bonds. The first-order valence-electron chi connectivity index (χ1n) is 13.8. The van der Waals surface area contributed by atoms with Gasteiger partial charge >= 0.3 is 21.6 Å². The zero-order chi connectivity index (χ0) is 32.3. The molecule has 3 aromatic rings. The molecule has 0 bridgehead atoms.